The number of nitrogens with zero attached hydrogens (tertiary/aromatic N) is 4. The van der Waals surface area contributed by atoms with Crippen LogP contribution in [-0.4, -0.2) is 71.6 Å². The molecule has 0 radical (unpaired) electrons. The van der Waals surface area contributed by atoms with Crippen molar-refractivity contribution in [2.24, 2.45) is 15.9 Å². The fraction of sp³-hybridized carbons (Fsp3) is 0.545. The maximum Gasteiger partial charge on any atom is 0.309 e. The van der Waals surface area contributed by atoms with E-state index in [9.17, 15) is 14.7 Å². The van der Waals surface area contributed by atoms with E-state index in [1.165, 1.54) is 0 Å². The number of amidine groups is 1. The van der Waals surface area contributed by atoms with Gasteiger partial charge in [-0.25, -0.2) is 9.98 Å². The molecule has 0 aromatic heterocycles. The molecular formula is C22H29N5O4. The van der Waals surface area contributed by atoms with Crippen LogP contribution in [0, 0.1) is 5.92 Å². The number of nitrogens with one attached hydrogen (secondary N) is 1. The predicted molar refractivity (Wildman–Crippen MR) is 117 cm³/mol. The van der Waals surface area contributed by atoms with Crippen LogP contribution >= 0.6 is 0 Å². The van der Waals surface area contributed by atoms with E-state index in [2.05, 4.69) is 20.2 Å². The molecule has 31 heavy (non-hydrogen) atoms. The Morgan fingerprint density at radius 3 is 2.65 bits per heavy atom. The fourth-order valence-corrected chi connectivity index (χ4v) is 4.06. The number of esters is 1. The van der Waals surface area contributed by atoms with Crippen molar-refractivity contribution in [3.63, 3.8) is 0 Å². The Labute approximate surface area is 181 Å². The number of aliphatic hydroxyl groups is 1. The molecular weight excluding hydrogens is 398 g/mol. The average molecular weight is 428 g/mol. The van der Waals surface area contributed by atoms with E-state index >= 15 is 0 Å². The number of ether oxygens (including phenoxy) is 1. The summed E-state index contributed by atoms with van der Waals surface area (Å²) in [6.45, 7) is 8.59. The summed E-state index contributed by atoms with van der Waals surface area (Å²) in [5, 5.41) is 12.3. The van der Waals surface area contributed by atoms with Gasteiger partial charge >= 0.3 is 5.97 Å². The lowest BCUT2D eigenvalue weighted by Crippen LogP contribution is -2.55. The zero-order valence-corrected chi connectivity index (χ0v) is 18.2. The number of anilines is 1. The molecule has 0 aliphatic carbocycles. The molecule has 166 valence electrons. The summed E-state index contributed by atoms with van der Waals surface area (Å²) in [6.07, 6.45) is 0.249. The summed E-state index contributed by atoms with van der Waals surface area (Å²) in [7, 11) is 0. The molecule has 9 nitrogen and oxygen atoms in total. The molecule has 4 rings (SSSR count). The lowest BCUT2D eigenvalue weighted by Gasteiger charge is -2.37. The van der Waals surface area contributed by atoms with Crippen LogP contribution in [0.5, 0.6) is 0 Å². The van der Waals surface area contributed by atoms with Crippen LogP contribution in [0.2, 0.25) is 0 Å². The number of fused-ring (bicyclic) bond motifs is 2. The second kappa shape index (κ2) is 8.39. The number of piperidine rings is 1. The largest absolute Gasteiger partial charge is 0.460 e. The van der Waals surface area contributed by atoms with Gasteiger partial charge in [0.2, 0.25) is 6.35 Å². The van der Waals surface area contributed by atoms with Crippen LogP contribution in [0.4, 0.5) is 11.4 Å². The highest BCUT2D eigenvalue weighted by molar-refractivity contribution is 6.70. The Morgan fingerprint density at radius 2 is 1.94 bits per heavy atom. The zero-order chi connectivity index (χ0) is 22.2. The quantitative estimate of drug-likeness (QED) is 0.704. The van der Waals surface area contributed by atoms with Gasteiger partial charge < -0.3 is 25.0 Å². The molecule has 0 saturated carbocycles. The number of aliphatic hydroxyl groups excluding tert-OH is 1. The third-order valence-electron chi connectivity index (χ3n) is 5.56. The van der Waals surface area contributed by atoms with Gasteiger partial charge in [-0.15, -0.1) is 0 Å². The Kier molecular flexibility index (Phi) is 5.81. The number of para-hydroxylation sites is 2. The standard InChI is InChI=1S/C22H29N5O4/c1-22(2,3)31-20(29)14-8-10-26(11-9-14)12-13-27-16-7-5-4-6-15(16)23-17-18(27)24-21(30)25-19(17)28/h4-7,14,21,30H,8-13H2,1-3H3,(H,25,28). The van der Waals surface area contributed by atoms with Crippen LogP contribution in [-0.2, 0) is 14.3 Å². The van der Waals surface area contributed by atoms with E-state index in [1.54, 1.807) is 0 Å². The summed E-state index contributed by atoms with van der Waals surface area (Å²) in [5.41, 5.74) is 1.31. The number of likely N-dealkylation sites (tertiary alicyclic amines) is 1. The Balaban J connectivity index is 1.42. The highest BCUT2D eigenvalue weighted by atomic mass is 16.6. The summed E-state index contributed by atoms with van der Waals surface area (Å²) in [5.74, 6) is -0.227. The molecule has 0 bridgehead atoms. The van der Waals surface area contributed by atoms with Gasteiger partial charge in [0.25, 0.3) is 5.91 Å². The second-order valence-corrected chi connectivity index (χ2v) is 9.05. The van der Waals surface area contributed by atoms with Crippen molar-refractivity contribution in [3.8, 4) is 0 Å². The molecule has 2 N–H and O–H groups in total. The molecule has 1 unspecified atom stereocenters. The minimum absolute atomic E-state index is 0.0634. The van der Waals surface area contributed by atoms with E-state index in [4.69, 9.17) is 4.74 Å². The molecule has 1 saturated heterocycles. The van der Waals surface area contributed by atoms with Crippen LogP contribution in [0.1, 0.15) is 33.6 Å². The first-order valence-corrected chi connectivity index (χ1v) is 10.7. The number of hydrogen-bond donors (Lipinski definition) is 2. The molecule has 9 heteroatoms. The van der Waals surface area contributed by atoms with Gasteiger partial charge in [-0.05, 0) is 58.8 Å². The first-order chi connectivity index (χ1) is 14.7. The summed E-state index contributed by atoms with van der Waals surface area (Å²) in [4.78, 5) is 37.6. The van der Waals surface area contributed by atoms with Gasteiger partial charge in [-0.2, -0.15) is 0 Å². The van der Waals surface area contributed by atoms with Crippen molar-refractivity contribution >= 4 is 34.8 Å². The summed E-state index contributed by atoms with van der Waals surface area (Å²) in [6, 6.07) is 7.58. The highest BCUT2D eigenvalue weighted by Gasteiger charge is 2.35. The minimum atomic E-state index is -1.28. The first kappa shape index (κ1) is 21.5. The third-order valence-corrected chi connectivity index (χ3v) is 5.56. The van der Waals surface area contributed by atoms with Crippen molar-refractivity contribution in [1.29, 1.82) is 0 Å². The lowest BCUT2D eigenvalue weighted by molar-refractivity contribution is -0.161. The Morgan fingerprint density at radius 1 is 1.23 bits per heavy atom. The first-order valence-electron chi connectivity index (χ1n) is 10.7. The van der Waals surface area contributed by atoms with Crippen LogP contribution in [0.15, 0.2) is 34.3 Å². The number of hydrogen-bond acceptors (Lipinski definition) is 8. The molecule has 0 spiro atoms. The Hall–Kier alpha value is -2.78. The maximum atomic E-state index is 12.3. The molecule has 1 aromatic rings. The fourth-order valence-electron chi connectivity index (χ4n) is 4.06. The summed E-state index contributed by atoms with van der Waals surface area (Å²) < 4.78 is 5.53. The van der Waals surface area contributed by atoms with E-state index in [0.717, 1.165) is 38.2 Å². The summed E-state index contributed by atoms with van der Waals surface area (Å²) >= 11 is 0. The topological polar surface area (TPSA) is 107 Å². The smallest absolute Gasteiger partial charge is 0.309 e. The van der Waals surface area contributed by atoms with E-state index in [1.807, 2.05) is 49.9 Å². The van der Waals surface area contributed by atoms with Crippen LogP contribution < -0.4 is 10.2 Å². The van der Waals surface area contributed by atoms with Gasteiger partial charge in [-0.3, -0.25) is 9.59 Å². The molecule has 1 aromatic carbocycles. The molecule has 1 amide bonds. The highest BCUT2D eigenvalue weighted by Crippen LogP contribution is 2.33. The maximum absolute atomic E-state index is 12.3. The number of benzene rings is 1. The van der Waals surface area contributed by atoms with Gasteiger partial charge in [-0.1, -0.05) is 12.1 Å². The molecule has 3 aliphatic heterocycles. The van der Waals surface area contributed by atoms with Crippen LogP contribution in [0.25, 0.3) is 0 Å². The number of aliphatic imine (C=N–C) groups is 2. The number of carbonyl (C=O) groups is 2. The van der Waals surface area contributed by atoms with Gasteiger partial charge in [0.1, 0.15) is 5.60 Å². The second-order valence-electron chi connectivity index (χ2n) is 9.05. The van der Waals surface area contributed by atoms with Gasteiger partial charge in [0.05, 0.1) is 17.3 Å². The molecule has 3 aliphatic rings. The minimum Gasteiger partial charge on any atom is -0.460 e. The monoisotopic (exact) mass is 427 g/mol. The van der Waals surface area contributed by atoms with Gasteiger partial charge in [0, 0.05) is 13.1 Å². The zero-order valence-electron chi connectivity index (χ0n) is 18.2. The van der Waals surface area contributed by atoms with Crippen molar-refractivity contribution in [2.75, 3.05) is 31.1 Å². The SMILES string of the molecule is CC(C)(C)OC(=O)C1CCN(CCN2C3=NC(O)NC(=O)C3=Nc3ccccc32)CC1. The van der Waals surface area contributed by atoms with E-state index in [0.29, 0.717) is 18.1 Å². The van der Waals surface area contributed by atoms with E-state index in [-0.39, 0.29) is 17.6 Å². The average Bonchev–Trinajstić information content (AvgIpc) is 2.71. The van der Waals surface area contributed by atoms with E-state index < -0.39 is 17.9 Å². The van der Waals surface area contributed by atoms with Crippen molar-refractivity contribution < 1.29 is 19.4 Å². The van der Waals surface area contributed by atoms with Crippen molar-refractivity contribution in [2.45, 2.75) is 45.6 Å². The van der Waals surface area contributed by atoms with Gasteiger partial charge in [0.15, 0.2) is 11.5 Å². The molecule has 3 heterocycles. The van der Waals surface area contributed by atoms with Crippen molar-refractivity contribution in [1.82, 2.24) is 10.2 Å². The predicted octanol–water partition coefficient (Wildman–Crippen LogP) is 1.44. The number of carbonyl (C=O) groups excluding carboxylic acids is 2. The number of amides is 1. The normalized spacial score (nSPS) is 22.1. The Bertz CT molecular complexity index is 928. The van der Waals surface area contributed by atoms with Crippen molar-refractivity contribution in [3.05, 3.63) is 24.3 Å². The third kappa shape index (κ3) is 4.77. The van der Waals surface area contributed by atoms with Crippen LogP contribution in [0.3, 0.4) is 0 Å². The molecule has 1 atom stereocenters. The lowest BCUT2D eigenvalue weighted by atomic mass is 9.96. The number of rotatable bonds is 4. The molecule has 1 fully saturated rings.